The Morgan fingerprint density at radius 1 is 0.600 bits per heavy atom. The first-order valence-corrected chi connectivity index (χ1v) is 13.3. The zero-order valence-electron chi connectivity index (χ0n) is 23.4. The van der Waals surface area contributed by atoms with Crippen molar-refractivity contribution < 1.29 is 40.2 Å². The van der Waals surface area contributed by atoms with E-state index in [2.05, 4.69) is 0 Å². The van der Waals surface area contributed by atoms with Crippen LogP contribution in [0.25, 0.3) is 32.7 Å². The van der Waals surface area contributed by atoms with Gasteiger partial charge in [0.15, 0.2) is 35.6 Å². The van der Waals surface area contributed by atoms with Crippen molar-refractivity contribution in [3.05, 3.63) is 45.5 Å². The average Bonchev–Trinajstić information content (AvgIpc) is 2.95. The van der Waals surface area contributed by atoms with E-state index in [-0.39, 0.29) is 67.5 Å². The first kappa shape index (κ1) is 28.5. The Kier molecular flexibility index (Phi) is 7.32. The second-order valence-electron chi connectivity index (χ2n) is 10.5. The molecule has 4 aromatic carbocycles. The minimum absolute atomic E-state index is 0.0137. The molecule has 0 radical (unpaired) electrons. The van der Waals surface area contributed by atoms with E-state index in [0.717, 1.165) is 0 Å². The Hall–Kier alpha value is -4.46. The van der Waals surface area contributed by atoms with Crippen LogP contribution in [0, 0.1) is 13.8 Å². The number of rotatable bonds is 7. The quantitative estimate of drug-likeness (QED) is 0.105. The van der Waals surface area contributed by atoms with Crippen molar-refractivity contribution in [2.45, 2.75) is 66.2 Å². The van der Waals surface area contributed by atoms with Gasteiger partial charge in [-0.2, -0.15) is 0 Å². The lowest BCUT2D eigenvalue weighted by molar-refractivity contribution is 0.111. The fourth-order valence-electron chi connectivity index (χ4n) is 5.59. The molecule has 0 heterocycles. The smallest absolute Gasteiger partial charge is 0.169 e. The molecule has 6 N–H and O–H groups in total. The Bertz CT molecular complexity index is 1590. The zero-order chi connectivity index (χ0) is 29.8. The first-order valence-electron chi connectivity index (χ1n) is 13.3. The van der Waals surface area contributed by atoms with Crippen LogP contribution in [-0.2, 0) is 0 Å². The largest absolute Gasteiger partial charge is 0.507 e. The summed E-state index contributed by atoms with van der Waals surface area (Å²) in [5.41, 5.74) is 1.60. The summed E-state index contributed by atoms with van der Waals surface area (Å²) in [6.45, 7) is 10.9. The van der Waals surface area contributed by atoms with Gasteiger partial charge in [0.05, 0.1) is 11.1 Å². The van der Waals surface area contributed by atoms with Gasteiger partial charge in [-0.1, -0.05) is 27.7 Å². The van der Waals surface area contributed by atoms with Crippen LogP contribution in [-0.4, -0.2) is 43.2 Å². The van der Waals surface area contributed by atoms with Crippen LogP contribution in [0.4, 0.5) is 0 Å². The highest BCUT2D eigenvalue weighted by Crippen LogP contribution is 2.55. The Balaban J connectivity index is 2.39. The Morgan fingerprint density at radius 2 is 0.925 bits per heavy atom. The number of phenolic OH excluding ortho intramolecular Hbond substituents is 6. The van der Waals surface area contributed by atoms with Crippen molar-refractivity contribution in [1.29, 1.82) is 0 Å². The standard InChI is InChI=1S/C32H34O8/c1-7-13(3)17-9-19-15(5)27(35)29(37)21(11-33)23(19)31(39)25(17)26-18(14(4)8-2)10-20-16(6)28(36)30(38)22(12-34)24(20)32(26)40/h9-14,35-40H,7-8H2,1-6H3. The summed E-state index contributed by atoms with van der Waals surface area (Å²) in [7, 11) is 0. The van der Waals surface area contributed by atoms with Gasteiger partial charge in [-0.25, -0.2) is 0 Å². The molecule has 0 amide bonds. The van der Waals surface area contributed by atoms with Gasteiger partial charge in [0.2, 0.25) is 0 Å². The molecule has 2 atom stereocenters. The second-order valence-corrected chi connectivity index (χ2v) is 10.5. The number of phenols is 6. The van der Waals surface area contributed by atoms with E-state index < -0.39 is 23.0 Å². The third kappa shape index (κ3) is 3.89. The molecular weight excluding hydrogens is 512 g/mol. The molecule has 0 fully saturated rings. The number of fused-ring (bicyclic) bond motifs is 2. The molecule has 0 spiro atoms. The summed E-state index contributed by atoms with van der Waals surface area (Å²) in [6.07, 6.45) is 1.99. The summed E-state index contributed by atoms with van der Waals surface area (Å²) in [5.74, 6) is -3.34. The lowest BCUT2D eigenvalue weighted by Gasteiger charge is -2.26. The third-order valence-electron chi connectivity index (χ3n) is 8.45. The van der Waals surface area contributed by atoms with E-state index in [9.17, 15) is 40.2 Å². The van der Waals surface area contributed by atoms with Crippen molar-refractivity contribution in [2.24, 2.45) is 0 Å². The maximum Gasteiger partial charge on any atom is 0.169 e. The van der Waals surface area contributed by atoms with Gasteiger partial charge in [-0.05, 0) is 72.6 Å². The number of aldehydes is 2. The SMILES string of the molecule is CCC(C)c1cc2c(C)c(O)c(O)c(C=O)c2c(O)c1-c1c(C(C)CC)cc2c(C)c(O)c(O)c(C=O)c2c1O. The van der Waals surface area contributed by atoms with E-state index >= 15 is 0 Å². The molecule has 0 saturated carbocycles. The van der Waals surface area contributed by atoms with Crippen LogP contribution < -0.4 is 0 Å². The predicted octanol–water partition coefficient (Wildman–Crippen LogP) is 7.16. The highest BCUT2D eigenvalue weighted by atomic mass is 16.3. The van der Waals surface area contributed by atoms with Crippen LogP contribution in [0.1, 0.15) is 95.3 Å². The molecule has 4 aromatic rings. The molecule has 4 rings (SSSR count). The van der Waals surface area contributed by atoms with Crippen LogP contribution in [0.5, 0.6) is 34.5 Å². The first-order chi connectivity index (χ1) is 18.9. The maximum absolute atomic E-state index is 12.1. The molecule has 0 aliphatic carbocycles. The van der Waals surface area contributed by atoms with Gasteiger partial charge in [0, 0.05) is 33.0 Å². The molecule has 0 aliphatic rings. The fourth-order valence-corrected chi connectivity index (χ4v) is 5.59. The molecule has 0 aliphatic heterocycles. The lowest BCUT2D eigenvalue weighted by Crippen LogP contribution is -2.04. The predicted molar refractivity (Wildman–Crippen MR) is 155 cm³/mol. The lowest BCUT2D eigenvalue weighted by atomic mass is 9.79. The number of hydrogen-bond donors (Lipinski definition) is 6. The summed E-state index contributed by atoms with van der Waals surface area (Å²) < 4.78 is 0. The molecule has 0 saturated heterocycles. The summed E-state index contributed by atoms with van der Waals surface area (Å²) >= 11 is 0. The minimum atomic E-state index is -0.665. The maximum atomic E-state index is 12.1. The van der Waals surface area contributed by atoms with Crippen molar-refractivity contribution >= 4 is 34.1 Å². The van der Waals surface area contributed by atoms with Gasteiger partial charge in [-0.3, -0.25) is 9.59 Å². The highest BCUT2D eigenvalue weighted by molar-refractivity contribution is 6.14. The van der Waals surface area contributed by atoms with Gasteiger partial charge in [-0.15, -0.1) is 0 Å². The average molecular weight is 547 g/mol. The van der Waals surface area contributed by atoms with Crippen molar-refractivity contribution in [3.63, 3.8) is 0 Å². The van der Waals surface area contributed by atoms with Crippen LogP contribution in [0.2, 0.25) is 0 Å². The minimum Gasteiger partial charge on any atom is -0.507 e. The number of carbonyl (C=O) groups excluding carboxylic acids is 2. The van der Waals surface area contributed by atoms with Gasteiger partial charge >= 0.3 is 0 Å². The second kappa shape index (κ2) is 10.3. The van der Waals surface area contributed by atoms with Gasteiger partial charge in [0.1, 0.15) is 11.5 Å². The van der Waals surface area contributed by atoms with Crippen LogP contribution >= 0.6 is 0 Å². The Labute approximate surface area is 231 Å². The number of benzene rings is 4. The summed E-state index contributed by atoms with van der Waals surface area (Å²) in [6, 6.07) is 3.48. The molecule has 8 nitrogen and oxygen atoms in total. The number of aromatic hydroxyl groups is 6. The third-order valence-corrected chi connectivity index (χ3v) is 8.45. The molecule has 8 heteroatoms. The Morgan fingerprint density at radius 3 is 1.20 bits per heavy atom. The molecular formula is C32H34O8. The molecule has 2 unspecified atom stereocenters. The number of aryl methyl sites for hydroxylation is 2. The van der Waals surface area contributed by atoms with Crippen molar-refractivity contribution in [1.82, 2.24) is 0 Å². The topological polar surface area (TPSA) is 156 Å². The fraction of sp³-hybridized carbons (Fsp3) is 0.312. The van der Waals surface area contributed by atoms with E-state index in [1.54, 1.807) is 26.0 Å². The molecule has 40 heavy (non-hydrogen) atoms. The van der Waals surface area contributed by atoms with E-state index in [1.807, 2.05) is 27.7 Å². The summed E-state index contributed by atoms with van der Waals surface area (Å²) in [5, 5.41) is 66.8. The monoisotopic (exact) mass is 546 g/mol. The number of carbonyl (C=O) groups is 2. The van der Waals surface area contributed by atoms with Crippen molar-refractivity contribution in [3.8, 4) is 45.6 Å². The van der Waals surface area contributed by atoms with E-state index in [1.165, 1.54) is 0 Å². The normalized spacial score (nSPS) is 13.1. The van der Waals surface area contributed by atoms with Crippen molar-refractivity contribution in [2.75, 3.05) is 0 Å². The van der Waals surface area contributed by atoms with E-state index in [4.69, 9.17) is 0 Å². The van der Waals surface area contributed by atoms with E-state index in [0.29, 0.717) is 47.3 Å². The zero-order valence-corrected chi connectivity index (χ0v) is 23.4. The van der Waals surface area contributed by atoms with Crippen LogP contribution in [0.3, 0.4) is 0 Å². The molecule has 0 bridgehead atoms. The number of hydrogen-bond acceptors (Lipinski definition) is 8. The summed E-state index contributed by atoms with van der Waals surface area (Å²) in [4.78, 5) is 24.2. The molecule has 0 aromatic heterocycles. The van der Waals surface area contributed by atoms with Crippen LogP contribution in [0.15, 0.2) is 12.1 Å². The molecule has 210 valence electrons. The van der Waals surface area contributed by atoms with Gasteiger partial charge in [0.25, 0.3) is 0 Å². The van der Waals surface area contributed by atoms with Gasteiger partial charge < -0.3 is 30.6 Å². The highest BCUT2D eigenvalue weighted by Gasteiger charge is 2.31.